The molecule has 0 amide bonds. The summed E-state index contributed by atoms with van der Waals surface area (Å²) in [5.74, 6) is -3.44. The number of methoxy groups -OCH3 is 2. The number of hydrogen-bond acceptors (Lipinski definition) is 5. The number of nitrogens with zero attached hydrogens (tertiary/aromatic N) is 1. The highest BCUT2D eigenvalue weighted by Crippen LogP contribution is 2.57. The number of allylic oxidation sites excluding steroid dienone is 1. The molecule has 0 unspecified atom stereocenters. The van der Waals surface area contributed by atoms with Crippen LogP contribution in [0.5, 0.6) is 0 Å². The molecule has 0 spiro atoms. The Kier molecular flexibility index (Phi) is 5.49. The summed E-state index contributed by atoms with van der Waals surface area (Å²) in [6.45, 7) is 3.85. The van der Waals surface area contributed by atoms with Gasteiger partial charge in [0.2, 0.25) is 5.91 Å². The van der Waals surface area contributed by atoms with Gasteiger partial charge in [-0.25, -0.2) is 0 Å². The lowest BCUT2D eigenvalue weighted by Crippen LogP contribution is -2.45. The number of benzene rings is 1. The highest BCUT2D eigenvalue weighted by atomic mass is 16.5. The van der Waals surface area contributed by atoms with Gasteiger partial charge >= 0.3 is 11.9 Å². The first-order valence-corrected chi connectivity index (χ1v) is 9.02. The Balaban J connectivity index is 2.25. The van der Waals surface area contributed by atoms with Gasteiger partial charge in [0.15, 0.2) is 5.41 Å². The maximum Gasteiger partial charge on any atom is 0.323 e. The molecule has 6 heteroatoms. The molecule has 1 aliphatic rings. The van der Waals surface area contributed by atoms with Crippen molar-refractivity contribution >= 4 is 17.8 Å². The second-order valence-electron chi connectivity index (χ2n) is 6.90. The van der Waals surface area contributed by atoms with Gasteiger partial charge in [0.1, 0.15) is 0 Å². The van der Waals surface area contributed by atoms with Crippen LogP contribution in [0.2, 0.25) is 0 Å². The summed E-state index contributed by atoms with van der Waals surface area (Å²) in [6.07, 6.45) is 5.03. The van der Waals surface area contributed by atoms with E-state index in [-0.39, 0.29) is 12.3 Å². The maximum atomic E-state index is 13.4. The third-order valence-electron chi connectivity index (χ3n) is 5.61. The van der Waals surface area contributed by atoms with Crippen molar-refractivity contribution in [2.24, 2.45) is 17.3 Å². The van der Waals surface area contributed by atoms with Gasteiger partial charge < -0.3 is 9.47 Å². The first-order valence-electron chi connectivity index (χ1n) is 9.02. The fraction of sp³-hybridized carbons (Fsp3) is 0.318. The summed E-state index contributed by atoms with van der Waals surface area (Å²) in [7, 11) is 2.47. The van der Waals surface area contributed by atoms with Crippen molar-refractivity contribution in [1.29, 1.82) is 0 Å². The van der Waals surface area contributed by atoms with E-state index in [0.29, 0.717) is 5.56 Å². The van der Waals surface area contributed by atoms with Gasteiger partial charge in [-0.1, -0.05) is 36.4 Å². The van der Waals surface area contributed by atoms with Crippen LogP contribution in [0.4, 0.5) is 0 Å². The smallest absolute Gasteiger partial charge is 0.323 e. The maximum absolute atomic E-state index is 13.4. The average molecular weight is 381 g/mol. The molecule has 1 saturated carbocycles. The highest BCUT2D eigenvalue weighted by Gasteiger charge is 2.65. The summed E-state index contributed by atoms with van der Waals surface area (Å²) >= 11 is 0. The van der Waals surface area contributed by atoms with E-state index in [1.807, 2.05) is 30.3 Å². The molecule has 0 radical (unpaired) electrons. The van der Waals surface area contributed by atoms with E-state index in [1.165, 1.54) is 18.8 Å². The summed E-state index contributed by atoms with van der Waals surface area (Å²) in [5, 5.41) is 0. The predicted octanol–water partition coefficient (Wildman–Crippen LogP) is 3.07. The molecule has 1 aliphatic carbocycles. The largest absolute Gasteiger partial charge is 0.468 e. The quantitative estimate of drug-likeness (QED) is 0.452. The van der Waals surface area contributed by atoms with E-state index in [4.69, 9.17) is 9.47 Å². The Morgan fingerprint density at radius 3 is 2.11 bits per heavy atom. The molecule has 1 fully saturated rings. The van der Waals surface area contributed by atoms with Crippen LogP contribution in [-0.4, -0.2) is 36.6 Å². The van der Waals surface area contributed by atoms with Crippen molar-refractivity contribution < 1.29 is 23.9 Å². The van der Waals surface area contributed by atoms with E-state index in [1.54, 1.807) is 30.6 Å². The minimum Gasteiger partial charge on any atom is -0.468 e. The number of esters is 2. The van der Waals surface area contributed by atoms with E-state index < -0.39 is 35.1 Å². The SMILES string of the molecule is C=C[C@H]1CC(C(=O)OC)(C(=O)OC)[C@H](c2ccccc2)[C@H]1C(=O)n1cccc1. The third kappa shape index (κ3) is 2.95. The molecule has 2 aromatic rings. The second-order valence-corrected chi connectivity index (χ2v) is 6.90. The Hall–Kier alpha value is -3.15. The predicted molar refractivity (Wildman–Crippen MR) is 103 cm³/mol. The van der Waals surface area contributed by atoms with Gasteiger partial charge in [-0.2, -0.15) is 0 Å². The number of aromatic nitrogens is 1. The lowest BCUT2D eigenvalue weighted by molar-refractivity contribution is -0.170. The van der Waals surface area contributed by atoms with Crippen molar-refractivity contribution in [1.82, 2.24) is 4.57 Å². The standard InChI is InChI=1S/C22H23NO5/c1-4-15-14-22(20(25)27-2,21(26)28-3)18(16-10-6-5-7-11-16)17(15)19(24)23-12-8-9-13-23/h4-13,15,17-18H,1,14H2,2-3H3/t15-,17-,18+/m0/s1. The molecule has 146 valence electrons. The molecule has 1 aromatic heterocycles. The number of carbonyl (C=O) groups excluding carboxylic acids is 3. The fourth-order valence-corrected chi connectivity index (χ4v) is 4.41. The summed E-state index contributed by atoms with van der Waals surface area (Å²) in [6, 6.07) is 12.6. The average Bonchev–Trinajstić information content (AvgIpc) is 3.39. The van der Waals surface area contributed by atoms with Crippen LogP contribution < -0.4 is 0 Å². The van der Waals surface area contributed by atoms with Crippen molar-refractivity contribution in [2.75, 3.05) is 14.2 Å². The van der Waals surface area contributed by atoms with Gasteiger partial charge in [-0.3, -0.25) is 19.0 Å². The molecule has 3 atom stereocenters. The van der Waals surface area contributed by atoms with Crippen molar-refractivity contribution in [3.8, 4) is 0 Å². The van der Waals surface area contributed by atoms with Crippen LogP contribution in [0.1, 0.15) is 22.7 Å². The van der Waals surface area contributed by atoms with E-state index in [0.717, 1.165) is 0 Å². The monoisotopic (exact) mass is 381 g/mol. The van der Waals surface area contributed by atoms with Crippen LogP contribution in [0.3, 0.4) is 0 Å². The number of rotatable bonds is 5. The second kappa shape index (κ2) is 7.84. The number of hydrogen-bond donors (Lipinski definition) is 0. The molecular weight excluding hydrogens is 358 g/mol. The number of carbonyl (C=O) groups is 3. The summed E-state index contributed by atoms with van der Waals surface area (Å²) in [4.78, 5) is 39.3. The first kappa shape index (κ1) is 19.6. The molecular formula is C22H23NO5. The topological polar surface area (TPSA) is 74.6 Å². The molecule has 1 heterocycles. The fourth-order valence-electron chi connectivity index (χ4n) is 4.41. The first-order chi connectivity index (χ1) is 13.5. The number of ether oxygens (including phenoxy) is 2. The Bertz CT molecular complexity index is 856. The lowest BCUT2D eigenvalue weighted by atomic mass is 9.71. The zero-order chi connectivity index (χ0) is 20.3. The van der Waals surface area contributed by atoms with E-state index in [9.17, 15) is 14.4 Å². The van der Waals surface area contributed by atoms with Crippen LogP contribution in [-0.2, 0) is 19.1 Å². The Morgan fingerprint density at radius 2 is 1.61 bits per heavy atom. The van der Waals surface area contributed by atoms with E-state index >= 15 is 0 Å². The minimum absolute atomic E-state index is 0.0904. The van der Waals surface area contributed by atoms with Crippen molar-refractivity contribution in [3.05, 3.63) is 73.1 Å². The third-order valence-corrected chi connectivity index (χ3v) is 5.61. The van der Waals surface area contributed by atoms with Gasteiger partial charge in [0, 0.05) is 18.3 Å². The van der Waals surface area contributed by atoms with Crippen LogP contribution >= 0.6 is 0 Å². The highest BCUT2D eigenvalue weighted by molar-refractivity contribution is 6.03. The molecule has 28 heavy (non-hydrogen) atoms. The summed E-state index contributed by atoms with van der Waals surface area (Å²) in [5.41, 5.74) is -0.926. The van der Waals surface area contributed by atoms with Gasteiger partial charge in [0.25, 0.3) is 0 Å². The van der Waals surface area contributed by atoms with Crippen molar-refractivity contribution in [3.63, 3.8) is 0 Å². The van der Waals surface area contributed by atoms with E-state index in [2.05, 4.69) is 6.58 Å². The molecule has 0 bridgehead atoms. The normalized spacial score (nSPS) is 23.0. The van der Waals surface area contributed by atoms with Crippen LogP contribution in [0, 0.1) is 17.3 Å². The van der Waals surface area contributed by atoms with Crippen LogP contribution in [0.25, 0.3) is 0 Å². The van der Waals surface area contributed by atoms with Gasteiger partial charge in [-0.05, 0) is 30.0 Å². The molecule has 3 rings (SSSR count). The molecule has 6 nitrogen and oxygen atoms in total. The van der Waals surface area contributed by atoms with Gasteiger partial charge in [-0.15, -0.1) is 6.58 Å². The molecule has 1 aromatic carbocycles. The zero-order valence-electron chi connectivity index (χ0n) is 15.9. The zero-order valence-corrected chi connectivity index (χ0v) is 15.9. The van der Waals surface area contributed by atoms with Crippen molar-refractivity contribution in [2.45, 2.75) is 12.3 Å². The molecule has 0 saturated heterocycles. The Morgan fingerprint density at radius 1 is 1.04 bits per heavy atom. The summed E-state index contributed by atoms with van der Waals surface area (Å²) < 4.78 is 11.5. The molecule has 0 N–H and O–H groups in total. The molecule has 0 aliphatic heterocycles. The minimum atomic E-state index is -1.63. The lowest BCUT2D eigenvalue weighted by Gasteiger charge is -2.32. The Labute approximate surface area is 163 Å². The van der Waals surface area contributed by atoms with Gasteiger partial charge in [0.05, 0.1) is 20.1 Å². The van der Waals surface area contributed by atoms with Crippen LogP contribution in [0.15, 0.2) is 67.5 Å².